The first-order valence-corrected chi connectivity index (χ1v) is 12.3. The Labute approximate surface area is 210 Å². The summed E-state index contributed by atoms with van der Waals surface area (Å²) in [6.07, 6.45) is 8.00. The van der Waals surface area contributed by atoms with E-state index < -0.39 is 6.10 Å². The first kappa shape index (κ1) is 25.4. The fraction of sp³-hybridized carbons (Fsp3) is 0.455. The lowest BCUT2D eigenvalue weighted by Gasteiger charge is -2.07. The molecule has 0 aliphatic carbocycles. The molecule has 0 fully saturated rings. The van der Waals surface area contributed by atoms with Gasteiger partial charge in [0, 0.05) is 75.1 Å². The van der Waals surface area contributed by atoms with E-state index in [1.165, 1.54) is 11.1 Å². The zero-order chi connectivity index (χ0) is 24.3. The quantitative estimate of drug-likeness (QED) is 0.370. The minimum atomic E-state index is -0.696. The van der Waals surface area contributed by atoms with Gasteiger partial charge in [0.2, 0.25) is 0 Å². The van der Waals surface area contributed by atoms with Gasteiger partial charge in [-0.2, -0.15) is 20.4 Å². The maximum Gasteiger partial charge on any atom is 0.134 e. The molecule has 0 spiro atoms. The molecule has 9 nitrogen and oxygen atoms in total. The fourth-order valence-corrected chi connectivity index (χ4v) is 4.59. The third-order valence-corrected chi connectivity index (χ3v) is 6.60. The molecule has 178 valence electrons. The third-order valence-electron chi connectivity index (χ3n) is 5.31. The van der Waals surface area contributed by atoms with E-state index in [1.807, 2.05) is 61.3 Å². The Morgan fingerprint density at radius 3 is 1.82 bits per heavy atom. The summed E-state index contributed by atoms with van der Waals surface area (Å²) in [5, 5.41) is 27.5. The van der Waals surface area contributed by atoms with Crippen molar-refractivity contribution in [2.45, 2.75) is 53.3 Å². The number of aliphatic hydroxyl groups excluding tert-OH is 1. The maximum atomic E-state index is 10.3. The Morgan fingerprint density at radius 1 is 0.758 bits per heavy atom. The number of hydrogen-bond acceptors (Lipinski definition) is 5. The van der Waals surface area contributed by atoms with Crippen LogP contribution in [-0.2, 0) is 33.6 Å². The van der Waals surface area contributed by atoms with Crippen LogP contribution in [0.15, 0.2) is 34.0 Å². The summed E-state index contributed by atoms with van der Waals surface area (Å²) in [4.78, 5) is 0. The van der Waals surface area contributed by atoms with Crippen LogP contribution in [0.5, 0.6) is 0 Å². The molecule has 33 heavy (non-hydrogen) atoms. The van der Waals surface area contributed by atoms with E-state index in [4.69, 9.17) is 0 Å². The fourth-order valence-electron chi connectivity index (χ4n) is 3.52. The topological polar surface area (TPSA) is 91.5 Å². The van der Waals surface area contributed by atoms with Crippen molar-refractivity contribution in [1.29, 1.82) is 0 Å². The van der Waals surface area contributed by atoms with Crippen molar-refractivity contribution >= 4 is 31.9 Å². The van der Waals surface area contributed by atoms with Gasteiger partial charge in [-0.05, 0) is 65.1 Å². The molecule has 4 aromatic rings. The molecule has 4 heterocycles. The molecular weight excluding hydrogens is 552 g/mol. The van der Waals surface area contributed by atoms with E-state index in [9.17, 15) is 5.11 Å². The highest BCUT2D eigenvalue weighted by atomic mass is 79.9. The molecule has 0 radical (unpaired) electrons. The first-order valence-electron chi connectivity index (χ1n) is 10.7. The van der Waals surface area contributed by atoms with Gasteiger partial charge in [-0.15, -0.1) is 0 Å². The zero-order valence-corrected chi connectivity index (χ0v) is 23.0. The van der Waals surface area contributed by atoms with Gasteiger partial charge < -0.3 is 5.11 Å². The van der Waals surface area contributed by atoms with Crippen LogP contribution < -0.4 is 0 Å². The van der Waals surface area contributed by atoms with Crippen molar-refractivity contribution in [3.05, 3.63) is 67.6 Å². The summed E-state index contributed by atoms with van der Waals surface area (Å²) in [7, 11) is 3.75. The van der Waals surface area contributed by atoms with Crippen molar-refractivity contribution in [2.24, 2.45) is 14.1 Å². The van der Waals surface area contributed by atoms with Crippen LogP contribution in [0.2, 0.25) is 0 Å². The van der Waals surface area contributed by atoms with E-state index in [0.29, 0.717) is 4.60 Å². The number of rotatable bonds is 6. The Bertz CT molecular complexity index is 1220. The molecule has 1 N–H and O–H groups in total. The molecule has 0 saturated carbocycles. The molecule has 0 aliphatic heterocycles. The maximum absolute atomic E-state index is 10.3. The highest BCUT2D eigenvalue weighted by molar-refractivity contribution is 9.10. The van der Waals surface area contributed by atoms with Crippen LogP contribution in [0.3, 0.4) is 0 Å². The van der Waals surface area contributed by atoms with Gasteiger partial charge in [-0.25, -0.2) is 0 Å². The number of aryl methyl sites for hydroxylation is 6. The lowest BCUT2D eigenvalue weighted by Crippen LogP contribution is -2.00. The van der Waals surface area contributed by atoms with Gasteiger partial charge in [0.1, 0.15) is 15.3 Å². The average Bonchev–Trinajstić information content (AvgIpc) is 3.49. The molecule has 1 unspecified atom stereocenters. The summed E-state index contributed by atoms with van der Waals surface area (Å²) >= 11 is 6.81. The van der Waals surface area contributed by atoms with E-state index in [0.717, 1.165) is 46.6 Å². The van der Waals surface area contributed by atoms with Crippen LogP contribution in [0, 0.1) is 13.8 Å². The number of aliphatic hydroxyl groups is 1. The first-order chi connectivity index (χ1) is 15.6. The highest BCUT2D eigenvalue weighted by Gasteiger charge is 2.20. The van der Waals surface area contributed by atoms with Crippen molar-refractivity contribution in [3.8, 4) is 0 Å². The summed E-state index contributed by atoms with van der Waals surface area (Å²) in [6, 6.07) is 0. The summed E-state index contributed by atoms with van der Waals surface area (Å²) in [5.41, 5.74) is 5.97. The minimum Gasteiger partial charge on any atom is -0.383 e. The Balaban J connectivity index is 0.000000186. The van der Waals surface area contributed by atoms with Crippen LogP contribution in [0.1, 0.15) is 53.6 Å². The van der Waals surface area contributed by atoms with E-state index >= 15 is 0 Å². The normalized spacial score (nSPS) is 12.0. The molecule has 11 heteroatoms. The molecule has 0 amide bonds. The second-order valence-corrected chi connectivity index (χ2v) is 9.37. The van der Waals surface area contributed by atoms with Crippen molar-refractivity contribution in [2.75, 3.05) is 0 Å². The molecule has 0 saturated heterocycles. The lowest BCUT2D eigenvalue weighted by atomic mass is 10.1. The van der Waals surface area contributed by atoms with Crippen LogP contribution >= 0.6 is 31.9 Å². The van der Waals surface area contributed by atoms with Crippen LogP contribution in [0.4, 0.5) is 0 Å². The van der Waals surface area contributed by atoms with Gasteiger partial charge >= 0.3 is 0 Å². The van der Waals surface area contributed by atoms with Crippen molar-refractivity contribution < 1.29 is 5.11 Å². The summed E-state index contributed by atoms with van der Waals surface area (Å²) in [5.74, 6) is 0. The molecule has 4 rings (SSSR count). The van der Waals surface area contributed by atoms with Crippen molar-refractivity contribution in [1.82, 2.24) is 39.1 Å². The summed E-state index contributed by atoms with van der Waals surface area (Å²) in [6.45, 7) is 9.76. The minimum absolute atomic E-state index is 0.663. The van der Waals surface area contributed by atoms with Crippen LogP contribution in [-0.4, -0.2) is 44.2 Å². The van der Waals surface area contributed by atoms with Crippen LogP contribution in [0.25, 0.3) is 0 Å². The van der Waals surface area contributed by atoms with Gasteiger partial charge in [-0.3, -0.25) is 18.7 Å². The molecule has 1 atom stereocenters. The Hall–Kier alpha value is -2.24. The Morgan fingerprint density at radius 2 is 1.33 bits per heavy atom. The average molecular weight is 582 g/mol. The SMILES string of the molecule is CCn1cc(C(O)c2cn(C)nc2Br)c(C)n1.CCn1cc(Cc2cn(C)nc2Br)c(C)n1. The smallest absolute Gasteiger partial charge is 0.134 e. The van der Waals surface area contributed by atoms with E-state index in [1.54, 1.807) is 10.9 Å². The molecule has 0 aromatic carbocycles. The van der Waals surface area contributed by atoms with Crippen molar-refractivity contribution in [3.63, 3.8) is 0 Å². The summed E-state index contributed by atoms with van der Waals surface area (Å²) < 4.78 is 8.85. The van der Waals surface area contributed by atoms with Gasteiger partial charge in [0.15, 0.2) is 0 Å². The molecule has 0 bridgehead atoms. The number of halogens is 2. The van der Waals surface area contributed by atoms with Gasteiger partial charge in [0.25, 0.3) is 0 Å². The predicted molar refractivity (Wildman–Crippen MR) is 134 cm³/mol. The van der Waals surface area contributed by atoms with Gasteiger partial charge in [0.05, 0.1) is 11.4 Å². The monoisotopic (exact) mass is 580 g/mol. The predicted octanol–water partition coefficient (Wildman–Crippen LogP) is 4.09. The second-order valence-electron chi connectivity index (χ2n) is 7.87. The molecular formula is C22H30Br2N8O. The largest absolute Gasteiger partial charge is 0.383 e. The number of aromatic nitrogens is 8. The Kier molecular flexibility index (Phi) is 8.30. The number of hydrogen-bond donors (Lipinski definition) is 1. The standard InChI is InChI=1S/C11H15BrN4O.C11H15BrN4/c1-4-16-6-8(7(2)13-16)10(17)9-5-15(3)14-11(9)12;1-4-16-7-9(8(2)13-16)5-10-6-15(3)14-11(10)12/h5-6,10,17H,4H2,1-3H3;6-7H,4-5H2,1-3H3. The zero-order valence-electron chi connectivity index (χ0n) is 19.8. The van der Waals surface area contributed by atoms with E-state index in [-0.39, 0.29) is 0 Å². The van der Waals surface area contributed by atoms with E-state index in [2.05, 4.69) is 65.4 Å². The van der Waals surface area contributed by atoms with Gasteiger partial charge in [-0.1, -0.05) is 0 Å². The molecule has 4 aromatic heterocycles. The third kappa shape index (κ3) is 6.01. The molecule has 0 aliphatic rings. The highest BCUT2D eigenvalue weighted by Crippen LogP contribution is 2.29. The number of nitrogens with zero attached hydrogens (tertiary/aromatic N) is 8. The lowest BCUT2D eigenvalue weighted by molar-refractivity contribution is 0.218. The second kappa shape index (κ2) is 10.8.